The van der Waals surface area contributed by atoms with Crippen LogP contribution < -0.4 is 10.6 Å². The molecule has 10 heterocycles. The number of halogens is 2. The Labute approximate surface area is 173 Å². The van der Waals surface area contributed by atoms with Crippen molar-refractivity contribution in [1.82, 2.24) is 0 Å². The van der Waals surface area contributed by atoms with Gasteiger partial charge in [0.15, 0.2) is 0 Å². The van der Waals surface area contributed by atoms with Crippen LogP contribution in [-0.2, 0) is 26.9 Å². The van der Waals surface area contributed by atoms with E-state index in [1.807, 2.05) is 0 Å². The van der Waals surface area contributed by atoms with Gasteiger partial charge in [-0.2, -0.15) is 0 Å². The number of fused-ring (bicyclic) bond motifs is 10. The first kappa shape index (κ1) is 13.8. The Balaban J connectivity index is 0.00000114. The first-order chi connectivity index (χ1) is 12.4. The van der Waals surface area contributed by atoms with Crippen molar-refractivity contribution >= 4 is 41.7 Å². The number of benzene rings is 2. The number of hydrogen-bond donors (Lipinski definition) is 0. The number of alkyl halides is 2. The molecule has 27 heavy (non-hydrogen) atoms. The van der Waals surface area contributed by atoms with Crippen molar-refractivity contribution in [2.75, 3.05) is 0 Å². The molecule has 10 saturated heterocycles. The molecule has 10 aliphatic heterocycles. The summed E-state index contributed by atoms with van der Waals surface area (Å²) in [6.45, 7) is -3.85. The van der Waals surface area contributed by atoms with Crippen LogP contribution in [0.3, 0.4) is 0 Å². The van der Waals surface area contributed by atoms with Gasteiger partial charge in [-0.3, -0.25) is 0 Å². The van der Waals surface area contributed by atoms with Crippen molar-refractivity contribution in [3.63, 3.8) is 0 Å². The Morgan fingerprint density at radius 1 is 0.704 bits per heavy atom. The molecule has 0 aliphatic carbocycles. The van der Waals surface area contributed by atoms with Crippen LogP contribution in [0.1, 0.15) is 0 Å². The van der Waals surface area contributed by atoms with Crippen LogP contribution in [0.5, 0.6) is 0 Å². The number of rotatable bonds is 3. The zero-order chi connectivity index (χ0) is 16.7. The van der Waals surface area contributed by atoms with Crippen LogP contribution >= 0.6 is 31.1 Å². The maximum absolute atomic E-state index is 7.96. The molecule has 0 bridgehead atoms. The van der Waals surface area contributed by atoms with Gasteiger partial charge in [0.25, 0.3) is 0 Å². The molecule has 0 saturated carbocycles. The van der Waals surface area contributed by atoms with E-state index in [4.69, 9.17) is 23.2 Å². The average molecular weight is 546 g/mol. The van der Waals surface area contributed by atoms with E-state index in [0.717, 1.165) is 33.7 Å². The van der Waals surface area contributed by atoms with Gasteiger partial charge >= 0.3 is 154 Å². The molecule has 142 valence electrons. The second-order valence-corrected chi connectivity index (χ2v) is 40.1. The fourth-order valence-corrected chi connectivity index (χ4v) is 118. The second-order valence-electron chi connectivity index (χ2n) is 12.6. The minimum Gasteiger partial charge on any atom is 0 e. The third-order valence-corrected chi connectivity index (χ3v) is 73.3. The predicted octanol–water partition coefficient (Wildman–Crippen LogP) is 5.71. The predicted molar refractivity (Wildman–Crippen MR) is 105 cm³/mol. The molecule has 12 rings (SSSR count). The normalized spacial score (nSPS) is 84.5. The van der Waals surface area contributed by atoms with E-state index in [0.29, 0.717) is 4.05 Å². The first-order valence-corrected chi connectivity index (χ1v) is 18.1. The molecule has 2 aromatic carbocycles. The van der Waals surface area contributed by atoms with Crippen molar-refractivity contribution in [3.8, 4) is 0 Å². The molecule has 0 aromatic heterocycles. The molecule has 10 aliphatic rings. The van der Waals surface area contributed by atoms with Crippen molar-refractivity contribution in [3.05, 3.63) is 60.7 Å². The molecule has 0 N–H and O–H groups in total. The zero-order valence-corrected chi connectivity index (χ0v) is 19.3. The maximum Gasteiger partial charge on any atom is 0 e. The molecule has 1 spiro atoms. The van der Waals surface area contributed by atoms with E-state index in [9.17, 15) is 0 Å². The van der Waals surface area contributed by atoms with Crippen LogP contribution in [0.15, 0.2) is 60.7 Å². The topological polar surface area (TPSA) is 0 Å². The van der Waals surface area contributed by atoms with E-state index in [1.54, 1.807) is 10.6 Å². The van der Waals surface area contributed by atoms with Gasteiger partial charge in [0.2, 0.25) is 0 Å². The minimum atomic E-state index is -3.85. The summed E-state index contributed by atoms with van der Waals surface area (Å²) in [5, 5.41) is 3.17. The van der Waals surface area contributed by atoms with Crippen molar-refractivity contribution in [2.24, 2.45) is 0 Å². The molecule has 0 amide bonds. The van der Waals surface area contributed by atoms with Gasteiger partial charge in [-0.05, 0) is 0 Å². The third-order valence-electron chi connectivity index (χ3n) is 17.0. The first-order valence-electron chi connectivity index (χ1n) is 9.91. The summed E-state index contributed by atoms with van der Waals surface area (Å²) in [7, 11) is -0.365. The van der Waals surface area contributed by atoms with Gasteiger partial charge in [-0.25, -0.2) is 0 Å². The van der Waals surface area contributed by atoms with E-state index >= 15 is 0 Å². The molecule has 0 radical (unpaired) electrons. The van der Waals surface area contributed by atoms with Crippen LogP contribution in [0.25, 0.3) is 0 Å². The maximum atomic E-state index is 7.96. The SMILES string of the molecule is Cl[C]12[CH]3[CH]4[C]5(P(c6ccccc6)c6ccccc6)[C]1(Cl)[Fe]34251678[CH]2[CH]1[CH]6[CH]7[CH]28.[Pd]. The minimum absolute atomic E-state index is 0. The van der Waals surface area contributed by atoms with E-state index in [1.165, 1.54) is 0 Å². The summed E-state index contributed by atoms with van der Waals surface area (Å²) in [5.41, 5.74) is 0. The summed E-state index contributed by atoms with van der Waals surface area (Å²) in [4.78, 5) is 7.61. The summed E-state index contributed by atoms with van der Waals surface area (Å²) >= 11 is 15.7. The fourth-order valence-electron chi connectivity index (χ4n) is 18.4. The van der Waals surface area contributed by atoms with Crippen molar-refractivity contribution < 1.29 is 26.9 Å². The summed E-state index contributed by atoms with van der Waals surface area (Å²) in [6.07, 6.45) is 0. The van der Waals surface area contributed by atoms with Crippen LogP contribution in [0.2, 0.25) is 33.7 Å². The second kappa shape index (κ2) is 1.63. The smallest absolute Gasteiger partial charge is 0 e. The van der Waals surface area contributed by atoms with E-state index in [-0.39, 0.29) is 35.9 Å². The molecule has 2 aromatic rings. The van der Waals surface area contributed by atoms with Gasteiger partial charge in [0.05, 0.1) is 0 Å². The quantitative estimate of drug-likeness (QED) is 0.264. The zero-order valence-electron chi connectivity index (χ0n) is 14.2. The van der Waals surface area contributed by atoms with E-state index in [2.05, 4.69) is 60.7 Å². The molecule has 5 unspecified atom stereocenters. The van der Waals surface area contributed by atoms with Crippen LogP contribution in [0, 0.1) is 0 Å². The Bertz CT molecular complexity index is 1530. The van der Waals surface area contributed by atoms with Gasteiger partial charge in [-0.15, -0.1) is 0 Å². The number of hydrogen-bond acceptors (Lipinski definition) is 0. The molecule has 5 atom stereocenters. The Morgan fingerprint density at radius 2 is 1.15 bits per heavy atom. The van der Waals surface area contributed by atoms with Gasteiger partial charge in [-0.1, -0.05) is 0 Å². The van der Waals surface area contributed by atoms with Crippen molar-refractivity contribution in [2.45, 2.75) is 45.3 Å². The van der Waals surface area contributed by atoms with Crippen LogP contribution in [0.4, 0.5) is 0 Å². The average Bonchev–Trinajstić information content (AvgIpc) is 3.64. The molecular weight excluding hydrogens is 528 g/mol. The molecule has 10 fully saturated rings. The standard InChI is InChI=1S/C17H12Cl2P.C5H5.Fe.Pd/c18-15-11-12-16(17(15)19)20(13-7-3-1-4-8-13)14-9-5-2-6-10-14;1-2-4-5-3-1;;/h1-12H;1-5H;;. The summed E-state index contributed by atoms with van der Waals surface area (Å²) < 4.78 is 0.827. The Kier molecular flexibility index (Phi) is 0.835. The molecule has 5 heteroatoms. The molecule has 0 nitrogen and oxygen atoms in total. The van der Waals surface area contributed by atoms with Gasteiger partial charge < -0.3 is 0 Å². The van der Waals surface area contributed by atoms with E-state index < -0.39 is 6.51 Å². The van der Waals surface area contributed by atoms with Gasteiger partial charge in [0, 0.05) is 20.4 Å². The monoisotopic (exact) mass is 544 g/mol. The Hall–Kier alpha value is 0.632. The van der Waals surface area contributed by atoms with Gasteiger partial charge in [0.1, 0.15) is 0 Å². The fraction of sp³-hybridized carbons (Fsp3) is 0.455. The Morgan fingerprint density at radius 3 is 1.41 bits per heavy atom. The van der Waals surface area contributed by atoms with Crippen LogP contribution in [-0.4, -0.2) is 11.6 Å². The van der Waals surface area contributed by atoms with Crippen molar-refractivity contribution in [1.29, 1.82) is 0 Å². The largest absolute Gasteiger partial charge is 0 e. The summed E-state index contributed by atoms with van der Waals surface area (Å²) in [6, 6.07) is 23.0. The third kappa shape index (κ3) is 0.219. The molecular formula is C22H17Cl2FePPd. The summed E-state index contributed by atoms with van der Waals surface area (Å²) in [5.74, 6) is 0.